The minimum absolute atomic E-state index is 0.343. The van der Waals surface area contributed by atoms with Crippen molar-refractivity contribution in [2.24, 2.45) is 0 Å². The molecule has 1 N–H and O–H groups in total. The van der Waals surface area contributed by atoms with E-state index in [-0.39, 0.29) is 0 Å². The van der Waals surface area contributed by atoms with Gasteiger partial charge >= 0.3 is 0 Å². The molecule has 1 aromatic rings. The number of nitrogens with zero attached hydrogens (tertiary/aromatic N) is 1. The van der Waals surface area contributed by atoms with E-state index in [9.17, 15) is 9.90 Å². The van der Waals surface area contributed by atoms with Crippen LogP contribution >= 0.6 is 0 Å². The van der Waals surface area contributed by atoms with Crippen molar-refractivity contribution in [3.05, 3.63) is 29.8 Å². The molecule has 0 aromatic heterocycles. The molecule has 1 aliphatic heterocycles. The Morgan fingerprint density at radius 3 is 2.60 bits per heavy atom. The van der Waals surface area contributed by atoms with Gasteiger partial charge in [0.1, 0.15) is 5.75 Å². The lowest BCUT2D eigenvalue weighted by Gasteiger charge is -2.14. The molecule has 0 aliphatic carbocycles. The molecule has 3 nitrogen and oxygen atoms in total. The summed E-state index contributed by atoms with van der Waals surface area (Å²) in [7, 11) is 0. The average Bonchev–Trinajstić information content (AvgIpc) is 2.96. The molecular weight excluding hydrogens is 250 g/mol. The summed E-state index contributed by atoms with van der Waals surface area (Å²) in [5, 5.41) is 9.38. The maximum Gasteiger partial charge on any atom is 0.222 e. The molecule has 2 rings (SSSR count). The summed E-state index contributed by atoms with van der Waals surface area (Å²) in [4.78, 5) is 13.8. The van der Waals surface area contributed by atoms with Crippen molar-refractivity contribution in [3.63, 3.8) is 0 Å². The van der Waals surface area contributed by atoms with Gasteiger partial charge in [0.2, 0.25) is 5.91 Å². The van der Waals surface area contributed by atoms with Crippen molar-refractivity contribution in [1.82, 2.24) is 4.90 Å². The molecule has 1 saturated heterocycles. The number of carbonyl (C=O) groups is 1. The molecule has 1 aromatic carbocycles. The highest BCUT2D eigenvalue weighted by molar-refractivity contribution is 5.76. The van der Waals surface area contributed by atoms with Crippen LogP contribution in [0.15, 0.2) is 24.3 Å². The molecule has 0 saturated carbocycles. The SMILES string of the molecule is O=C(CCCCCCc1cccc(O)c1)N1CCCC1. The van der Waals surface area contributed by atoms with Crippen molar-refractivity contribution < 1.29 is 9.90 Å². The van der Waals surface area contributed by atoms with Gasteiger partial charge in [0.05, 0.1) is 0 Å². The average molecular weight is 275 g/mol. The zero-order chi connectivity index (χ0) is 14.2. The second-order valence-corrected chi connectivity index (χ2v) is 5.67. The topological polar surface area (TPSA) is 40.5 Å². The van der Waals surface area contributed by atoms with Gasteiger partial charge in [-0.2, -0.15) is 0 Å². The van der Waals surface area contributed by atoms with Crippen LogP contribution in [0.4, 0.5) is 0 Å². The Labute approximate surface area is 121 Å². The number of rotatable bonds is 7. The van der Waals surface area contributed by atoms with Crippen LogP contribution in [-0.2, 0) is 11.2 Å². The number of aryl methyl sites for hydroxylation is 1. The lowest BCUT2D eigenvalue weighted by molar-refractivity contribution is -0.130. The van der Waals surface area contributed by atoms with Gasteiger partial charge in [0.15, 0.2) is 0 Å². The lowest BCUT2D eigenvalue weighted by Crippen LogP contribution is -2.27. The molecule has 0 unspecified atom stereocenters. The van der Waals surface area contributed by atoms with Crippen LogP contribution in [-0.4, -0.2) is 29.0 Å². The Hall–Kier alpha value is -1.51. The molecule has 0 atom stereocenters. The fraction of sp³-hybridized carbons (Fsp3) is 0.588. The molecule has 0 bridgehead atoms. The highest BCUT2D eigenvalue weighted by Gasteiger charge is 2.16. The maximum atomic E-state index is 11.8. The van der Waals surface area contributed by atoms with E-state index in [2.05, 4.69) is 6.07 Å². The van der Waals surface area contributed by atoms with Crippen LogP contribution in [0, 0.1) is 0 Å². The summed E-state index contributed by atoms with van der Waals surface area (Å²) < 4.78 is 0. The Morgan fingerprint density at radius 2 is 1.85 bits per heavy atom. The molecule has 3 heteroatoms. The maximum absolute atomic E-state index is 11.8. The summed E-state index contributed by atoms with van der Waals surface area (Å²) in [6, 6.07) is 7.47. The summed E-state index contributed by atoms with van der Waals surface area (Å²) >= 11 is 0. The third-order valence-corrected chi connectivity index (χ3v) is 3.98. The van der Waals surface area contributed by atoms with Crippen molar-refractivity contribution in [2.45, 2.75) is 51.4 Å². The minimum Gasteiger partial charge on any atom is -0.508 e. The van der Waals surface area contributed by atoms with Gasteiger partial charge in [0.25, 0.3) is 0 Å². The highest BCUT2D eigenvalue weighted by Crippen LogP contribution is 2.15. The third-order valence-electron chi connectivity index (χ3n) is 3.98. The van der Waals surface area contributed by atoms with Gasteiger partial charge in [0, 0.05) is 19.5 Å². The summed E-state index contributed by atoms with van der Waals surface area (Å²) in [6.07, 6.45) is 8.49. The van der Waals surface area contributed by atoms with Crippen LogP contribution in [0.2, 0.25) is 0 Å². The first-order valence-electron chi connectivity index (χ1n) is 7.81. The molecule has 1 amide bonds. The van der Waals surface area contributed by atoms with Crippen molar-refractivity contribution in [1.29, 1.82) is 0 Å². The van der Waals surface area contributed by atoms with E-state index in [1.807, 2.05) is 17.0 Å². The number of hydrogen-bond acceptors (Lipinski definition) is 2. The second kappa shape index (κ2) is 7.93. The smallest absolute Gasteiger partial charge is 0.222 e. The van der Waals surface area contributed by atoms with E-state index in [0.29, 0.717) is 18.1 Å². The molecule has 0 spiro atoms. The lowest BCUT2D eigenvalue weighted by atomic mass is 10.1. The fourth-order valence-electron chi connectivity index (χ4n) is 2.80. The van der Waals surface area contributed by atoms with Crippen molar-refractivity contribution in [3.8, 4) is 5.75 Å². The van der Waals surface area contributed by atoms with Gasteiger partial charge < -0.3 is 10.0 Å². The first-order valence-corrected chi connectivity index (χ1v) is 7.81. The highest BCUT2D eigenvalue weighted by atomic mass is 16.3. The minimum atomic E-state index is 0.343. The third kappa shape index (κ3) is 4.87. The van der Waals surface area contributed by atoms with Gasteiger partial charge in [-0.25, -0.2) is 0 Å². The first-order chi connectivity index (χ1) is 9.75. The zero-order valence-electron chi connectivity index (χ0n) is 12.2. The molecular formula is C17H25NO2. The molecule has 110 valence electrons. The number of unbranched alkanes of at least 4 members (excludes halogenated alkanes) is 3. The standard InChI is InChI=1S/C17H25NO2/c19-16-10-7-9-15(14-16)8-3-1-2-4-11-17(20)18-12-5-6-13-18/h7,9-10,14,19H,1-6,8,11-13H2. The molecule has 1 aliphatic rings. The Balaban J connectivity index is 1.52. The van der Waals surface area contributed by atoms with Gasteiger partial charge in [-0.15, -0.1) is 0 Å². The van der Waals surface area contributed by atoms with Crippen LogP contribution in [0.1, 0.15) is 50.5 Å². The Morgan fingerprint density at radius 1 is 1.10 bits per heavy atom. The monoisotopic (exact) mass is 275 g/mol. The van der Waals surface area contributed by atoms with Gasteiger partial charge in [-0.05, 0) is 49.8 Å². The first kappa shape index (κ1) is 14.9. The zero-order valence-corrected chi connectivity index (χ0v) is 12.2. The van der Waals surface area contributed by atoms with Crippen molar-refractivity contribution in [2.75, 3.05) is 13.1 Å². The van der Waals surface area contributed by atoms with Gasteiger partial charge in [-0.3, -0.25) is 4.79 Å². The number of amides is 1. The predicted molar refractivity (Wildman–Crippen MR) is 80.7 cm³/mol. The van der Waals surface area contributed by atoms with Crippen LogP contribution in [0.25, 0.3) is 0 Å². The number of likely N-dealkylation sites (tertiary alicyclic amines) is 1. The van der Waals surface area contributed by atoms with Crippen LogP contribution in [0.3, 0.4) is 0 Å². The van der Waals surface area contributed by atoms with E-state index >= 15 is 0 Å². The Kier molecular flexibility index (Phi) is 5.90. The Bertz CT molecular complexity index is 425. The number of phenolic OH excluding ortho intramolecular Hbond substituents is 1. The molecule has 20 heavy (non-hydrogen) atoms. The normalized spacial score (nSPS) is 14.7. The summed E-state index contributed by atoms with van der Waals surface area (Å²) in [5.41, 5.74) is 1.19. The van der Waals surface area contributed by atoms with Crippen molar-refractivity contribution >= 4 is 5.91 Å². The van der Waals surface area contributed by atoms with E-state index in [1.165, 1.54) is 18.4 Å². The number of aromatic hydroxyl groups is 1. The molecule has 1 heterocycles. The van der Waals surface area contributed by atoms with E-state index in [4.69, 9.17) is 0 Å². The number of phenols is 1. The van der Waals surface area contributed by atoms with Crippen LogP contribution < -0.4 is 0 Å². The summed E-state index contributed by atoms with van der Waals surface area (Å²) in [5.74, 6) is 0.689. The van der Waals surface area contributed by atoms with E-state index in [0.717, 1.165) is 45.2 Å². The second-order valence-electron chi connectivity index (χ2n) is 5.67. The van der Waals surface area contributed by atoms with Crippen LogP contribution in [0.5, 0.6) is 5.75 Å². The fourth-order valence-corrected chi connectivity index (χ4v) is 2.80. The van der Waals surface area contributed by atoms with Gasteiger partial charge in [-0.1, -0.05) is 25.0 Å². The largest absolute Gasteiger partial charge is 0.508 e. The number of benzene rings is 1. The molecule has 1 fully saturated rings. The number of hydrogen-bond donors (Lipinski definition) is 1. The molecule has 0 radical (unpaired) electrons. The quantitative estimate of drug-likeness (QED) is 0.774. The van der Waals surface area contributed by atoms with E-state index < -0.39 is 0 Å². The van der Waals surface area contributed by atoms with E-state index in [1.54, 1.807) is 6.07 Å². The number of carbonyl (C=O) groups excluding carboxylic acids is 1. The summed E-state index contributed by atoms with van der Waals surface area (Å²) in [6.45, 7) is 1.94. The predicted octanol–water partition coefficient (Wildman–Crippen LogP) is 3.51.